The van der Waals surface area contributed by atoms with Crippen LogP contribution in [0.2, 0.25) is 0 Å². The minimum Gasteiger partial charge on any atom is -0.370 e. The van der Waals surface area contributed by atoms with Crippen LogP contribution in [-0.4, -0.2) is 13.1 Å². The van der Waals surface area contributed by atoms with Crippen LogP contribution in [0.3, 0.4) is 0 Å². The highest BCUT2D eigenvalue weighted by Crippen LogP contribution is 2.24. The van der Waals surface area contributed by atoms with E-state index < -0.39 is 0 Å². The van der Waals surface area contributed by atoms with Gasteiger partial charge in [0.05, 0.1) is 11.3 Å². The number of thiophene rings is 1. The minimum absolute atomic E-state index is 0.369. The van der Waals surface area contributed by atoms with E-state index in [1.54, 1.807) is 11.3 Å². The molecule has 3 heteroatoms. The molecule has 1 atom stereocenters. The smallest absolute Gasteiger partial charge is 0.101 e. The van der Waals surface area contributed by atoms with Crippen LogP contribution in [0.5, 0.6) is 0 Å². The van der Waals surface area contributed by atoms with Crippen molar-refractivity contribution < 1.29 is 0 Å². The highest BCUT2D eigenvalue weighted by molar-refractivity contribution is 7.09. The molecule has 98 valence electrons. The fourth-order valence-electron chi connectivity index (χ4n) is 2.14. The fraction of sp³-hybridized carbons (Fsp3) is 0.312. The monoisotopic (exact) mass is 270 g/mol. The van der Waals surface area contributed by atoms with Crippen molar-refractivity contribution >= 4 is 17.0 Å². The summed E-state index contributed by atoms with van der Waals surface area (Å²) in [7, 11) is 2.06. The molecular formula is C16H18N2S. The van der Waals surface area contributed by atoms with Crippen molar-refractivity contribution in [3.8, 4) is 6.07 Å². The molecule has 0 radical (unpaired) electrons. The lowest BCUT2D eigenvalue weighted by Crippen LogP contribution is -2.31. The molecule has 0 fully saturated rings. The first-order valence-electron chi connectivity index (χ1n) is 6.37. The third-order valence-electron chi connectivity index (χ3n) is 3.39. The van der Waals surface area contributed by atoms with Crippen LogP contribution < -0.4 is 4.90 Å². The normalized spacial score (nSPS) is 11.9. The van der Waals surface area contributed by atoms with E-state index in [0.717, 1.165) is 23.2 Å². The van der Waals surface area contributed by atoms with Gasteiger partial charge in [-0.1, -0.05) is 12.1 Å². The summed E-state index contributed by atoms with van der Waals surface area (Å²) in [5.74, 6) is 0. The van der Waals surface area contributed by atoms with Gasteiger partial charge >= 0.3 is 0 Å². The maximum Gasteiger partial charge on any atom is 0.101 e. The molecule has 0 saturated carbocycles. The molecule has 0 saturated heterocycles. The Morgan fingerprint density at radius 2 is 2.16 bits per heavy atom. The Morgan fingerprint density at radius 1 is 1.37 bits per heavy atom. The number of nitriles is 1. The van der Waals surface area contributed by atoms with Crippen molar-refractivity contribution in [2.75, 3.05) is 11.9 Å². The number of anilines is 1. The number of benzene rings is 1. The molecule has 0 amide bonds. The number of hydrogen-bond donors (Lipinski definition) is 0. The summed E-state index contributed by atoms with van der Waals surface area (Å²) in [5, 5.41) is 11.4. The van der Waals surface area contributed by atoms with Crippen molar-refractivity contribution in [2.45, 2.75) is 26.3 Å². The van der Waals surface area contributed by atoms with E-state index in [0.29, 0.717) is 6.04 Å². The summed E-state index contributed by atoms with van der Waals surface area (Å²) in [6.45, 7) is 4.21. The Kier molecular flexibility index (Phi) is 4.24. The SMILES string of the molecule is Cc1ccc(N(C)C(C)Cc2cccs2)c(C#N)c1. The van der Waals surface area contributed by atoms with E-state index in [-0.39, 0.29) is 0 Å². The Hall–Kier alpha value is -1.79. The van der Waals surface area contributed by atoms with E-state index in [9.17, 15) is 5.26 Å². The van der Waals surface area contributed by atoms with Crippen LogP contribution in [0.15, 0.2) is 35.7 Å². The molecule has 2 rings (SSSR count). The molecule has 0 N–H and O–H groups in total. The number of hydrogen-bond acceptors (Lipinski definition) is 3. The summed E-state index contributed by atoms with van der Waals surface area (Å²) < 4.78 is 0. The maximum absolute atomic E-state index is 9.26. The summed E-state index contributed by atoms with van der Waals surface area (Å²) >= 11 is 1.78. The first kappa shape index (κ1) is 13.6. The predicted octanol–water partition coefficient (Wildman–Crippen LogP) is 4.00. The lowest BCUT2D eigenvalue weighted by molar-refractivity contribution is 0.687. The van der Waals surface area contributed by atoms with Gasteiger partial charge < -0.3 is 4.90 Å². The number of aryl methyl sites for hydroxylation is 1. The van der Waals surface area contributed by atoms with Crippen LogP contribution >= 0.6 is 11.3 Å². The minimum atomic E-state index is 0.369. The van der Waals surface area contributed by atoms with Gasteiger partial charge in [-0.2, -0.15) is 5.26 Å². The average Bonchev–Trinajstić information content (AvgIpc) is 2.90. The fourth-order valence-corrected chi connectivity index (χ4v) is 2.97. The van der Waals surface area contributed by atoms with Gasteiger partial charge in [-0.05, 0) is 43.0 Å². The molecular weight excluding hydrogens is 252 g/mol. The Balaban J connectivity index is 2.19. The highest BCUT2D eigenvalue weighted by atomic mass is 32.1. The predicted molar refractivity (Wildman–Crippen MR) is 81.8 cm³/mol. The summed E-state index contributed by atoms with van der Waals surface area (Å²) in [4.78, 5) is 3.57. The Labute approximate surface area is 118 Å². The first-order valence-corrected chi connectivity index (χ1v) is 7.25. The second-order valence-corrected chi connectivity index (χ2v) is 5.91. The average molecular weight is 270 g/mol. The third-order valence-corrected chi connectivity index (χ3v) is 4.29. The van der Waals surface area contributed by atoms with E-state index in [1.807, 2.05) is 19.1 Å². The molecule has 1 aromatic carbocycles. The Morgan fingerprint density at radius 3 is 2.79 bits per heavy atom. The van der Waals surface area contributed by atoms with Gasteiger partial charge in [0.1, 0.15) is 6.07 Å². The van der Waals surface area contributed by atoms with Gasteiger partial charge in [0.25, 0.3) is 0 Å². The van der Waals surface area contributed by atoms with Gasteiger partial charge in [-0.15, -0.1) is 11.3 Å². The number of nitrogens with zero attached hydrogens (tertiary/aromatic N) is 2. The maximum atomic E-state index is 9.26. The molecule has 1 unspecified atom stereocenters. The second-order valence-electron chi connectivity index (χ2n) is 4.88. The number of rotatable bonds is 4. The second kappa shape index (κ2) is 5.90. The van der Waals surface area contributed by atoms with E-state index in [4.69, 9.17) is 0 Å². The largest absolute Gasteiger partial charge is 0.370 e. The first-order chi connectivity index (χ1) is 9.11. The highest BCUT2D eigenvalue weighted by Gasteiger charge is 2.14. The summed E-state index contributed by atoms with van der Waals surface area (Å²) in [6, 6.07) is 13.0. The van der Waals surface area contributed by atoms with Crippen LogP contribution in [0.25, 0.3) is 0 Å². The zero-order valence-electron chi connectivity index (χ0n) is 11.6. The topological polar surface area (TPSA) is 27.0 Å². The van der Waals surface area contributed by atoms with Crippen LogP contribution in [0.1, 0.15) is 22.9 Å². The molecule has 19 heavy (non-hydrogen) atoms. The standard InChI is InChI=1S/C16H18N2S/c1-12-6-7-16(14(9-12)11-17)18(3)13(2)10-15-5-4-8-19-15/h4-9,13H,10H2,1-3H3. The van der Waals surface area contributed by atoms with Gasteiger partial charge in [0.2, 0.25) is 0 Å². The molecule has 2 aromatic rings. The molecule has 0 spiro atoms. The summed E-state index contributed by atoms with van der Waals surface area (Å²) in [5.41, 5.74) is 2.89. The quantitative estimate of drug-likeness (QED) is 0.839. The lowest BCUT2D eigenvalue weighted by atomic mass is 10.1. The third kappa shape index (κ3) is 3.15. The number of likely N-dealkylation sites (N-methyl/N-ethyl adjacent to an activating group) is 1. The van der Waals surface area contributed by atoms with Gasteiger partial charge in [-0.3, -0.25) is 0 Å². The molecule has 1 aromatic heterocycles. The molecule has 0 aliphatic heterocycles. The zero-order chi connectivity index (χ0) is 13.8. The van der Waals surface area contributed by atoms with Crippen molar-refractivity contribution in [2.24, 2.45) is 0 Å². The van der Waals surface area contributed by atoms with Gasteiger partial charge in [-0.25, -0.2) is 0 Å². The molecule has 0 aliphatic rings. The molecule has 2 nitrogen and oxygen atoms in total. The lowest BCUT2D eigenvalue weighted by Gasteiger charge is -2.27. The van der Waals surface area contributed by atoms with Crippen molar-refractivity contribution in [3.63, 3.8) is 0 Å². The van der Waals surface area contributed by atoms with Crippen LogP contribution in [0, 0.1) is 18.3 Å². The zero-order valence-corrected chi connectivity index (χ0v) is 12.4. The summed E-state index contributed by atoms with van der Waals surface area (Å²) in [6.07, 6.45) is 1.01. The van der Waals surface area contributed by atoms with Gasteiger partial charge in [0, 0.05) is 24.4 Å². The Bertz CT molecular complexity index is 581. The van der Waals surface area contributed by atoms with Crippen LogP contribution in [0.4, 0.5) is 5.69 Å². The molecule has 0 bridgehead atoms. The van der Waals surface area contributed by atoms with Crippen molar-refractivity contribution in [1.82, 2.24) is 0 Å². The van der Waals surface area contributed by atoms with Crippen molar-refractivity contribution in [3.05, 3.63) is 51.7 Å². The van der Waals surface area contributed by atoms with E-state index in [1.165, 1.54) is 4.88 Å². The molecule has 0 aliphatic carbocycles. The van der Waals surface area contributed by atoms with Crippen LogP contribution in [-0.2, 0) is 6.42 Å². The van der Waals surface area contributed by atoms with Crippen molar-refractivity contribution in [1.29, 1.82) is 5.26 Å². The molecule has 1 heterocycles. The van der Waals surface area contributed by atoms with E-state index in [2.05, 4.69) is 48.5 Å². The van der Waals surface area contributed by atoms with E-state index >= 15 is 0 Å². The van der Waals surface area contributed by atoms with Gasteiger partial charge in [0.15, 0.2) is 0 Å².